The Balaban J connectivity index is 2.94. The summed E-state index contributed by atoms with van der Waals surface area (Å²) in [4.78, 5) is 24.9. The molecule has 0 spiro atoms. The molecule has 0 radical (unpaired) electrons. The second-order valence-electron chi connectivity index (χ2n) is 8.09. The molecule has 1 unspecified atom stereocenters. The van der Waals surface area contributed by atoms with Crippen LogP contribution in [-0.2, 0) is 14.3 Å². The Morgan fingerprint density at radius 2 is 1.93 bits per heavy atom. The summed E-state index contributed by atoms with van der Waals surface area (Å²) >= 11 is 7.37. The van der Waals surface area contributed by atoms with Crippen LogP contribution >= 0.6 is 23.4 Å². The van der Waals surface area contributed by atoms with Crippen molar-refractivity contribution >= 4 is 40.9 Å². The molecular weight excluding hydrogens is 389 g/mol. The molecule has 0 bridgehead atoms. The minimum absolute atomic E-state index is 0.0570. The normalized spacial score (nSPS) is 12.8. The van der Waals surface area contributed by atoms with Crippen LogP contribution in [0.1, 0.15) is 54.4 Å². The quantitative estimate of drug-likeness (QED) is 0.421. The molecule has 1 rings (SSSR count). The van der Waals surface area contributed by atoms with Gasteiger partial charge in [0.15, 0.2) is 0 Å². The van der Waals surface area contributed by atoms with Gasteiger partial charge in [0.05, 0.1) is 17.3 Å². The first kappa shape index (κ1) is 23.8. The van der Waals surface area contributed by atoms with Crippen molar-refractivity contribution in [1.82, 2.24) is 0 Å². The summed E-state index contributed by atoms with van der Waals surface area (Å²) in [5, 5.41) is 2.33. The molecule has 1 aromatic rings. The zero-order valence-corrected chi connectivity index (χ0v) is 18.4. The van der Waals surface area contributed by atoms with E-state index in [0.29, 0.717) is 17.9 Å². The second-order valence-corrected chi connectivity index (χ2v) is 9.74. The molecule has 1 atom stereocenters. The number of rotatable bonds is 8. The zero-order chi connectivity index (χ0) is 20.8. The van der Waals surface area contributed by atoms with Gasteiger partial charge in [0, 0.05) is 11.3 Å². The van der Waals surface area contributed by atoms with Crippen molar-refractivity contribution in [3.63, 3.8) is 0 Å². The van der Waals surface area contributed by atoms with E-state index in [4.69, 9.17) is 16.3 Å². The second kappa shape index (κ2) is 10.3. The van der Waals surface area contributed by atoms with Gasteiger partial charge in [-0.05, 0) is 29.9 Å². The topological polar surface area (TPSA) is 55.4 Å². The van der Waals surface area contributed by atoms with Crippen LogP contribution in [0.2, 0.25) is 5.02 Å². The molecule has 1 aromatic carbocycles. The molecule has 0 fully saturated rings. The number of carbonyl (C=O) groups is 2. The Hall–Kier alpha value is -1.27. The van der Waals surface area contributed by atoms with Gasteiger partial charge in [0.2, 0.25) is 5.91 Å². The van der Waals surface area contributed by atoms with Gasteiger partial charge in [-0.3, -0.25) is 9.59 Å². The summed E-state index contributed by atoms with van der Waals surface area (Å²) in [5.41, 5.74) is -0.153. The minimum Gasteiger partial charge on any atom is -0.465 e. The number of thioether (sulfide) groups is 1. The van der Waals surface area contributed by atoms with Gasteiger partial charge < -0.3 is 10.1 Å². The lowest BCUT2D eigenvalue weighted by molar-refractivity contribution is -0.144. The maximum Gasteiger partial charge on any atom is 0.319 e. The standard InChI is InChI=1S/C20H29ClFNO3S/c1-7-16(19(25)26-11-12(2)3)27-17-9-15(14(22)8-13(17)21)23-18(24)10-20(4,5)6/h8-9,12,16H,7,10-11H2,1-6H3,(H,23,24). The summed E-state index contributed by atoms with van der Waals surface area (Å²) in [6.07, 6.45) is 0.803. The molecule has 0 aromatic heterocycles. The van der Waals surface area contributed by atoms with E-state index in [0.717, 1.165) is 6.07 Å². The molecule has 0 aliphatic carbocycles. The van der Waals surface area contributed by atoms with Crippen molar-refractivity contribution in [1.29, 1.82) is 0 Å². The average molecular weight is 418 g/mol. The number of hydrogen-bond donors (Lipinski definition) is 1. The first-order valence-electron chi connectivity index (χ1n) is 9.05. The summed E-state index contributed by atoms with van der Waals surface area (Å²) in [7, 11) is 0. The third kappa shape index (κ3) is 8.52. The zero-order valence-electron chi connectivity index (χ0n) is 16.8. The van der Waals surface area contributed by atoms with Gasteiger partial charge in [0.25, 0.3) is 0 Å². The van der Waals surface area contributed by atoms with Gasteiger partial charge in [-0.25, -0.2) is 4.39 Å². The number of esters is 1. The highest BCUT2D eigenvalue weighted by molar-refractivity contribution is 8.00. The van der Waals surface area contributed by atoms with Crippen LogP contribution in [0.4, 0.5) is 10.1 Å². The fraction of sp³-hybridized carbons (Fsp3) is 0.600. The van der Waals surface area contributed by atoms with Crippen LogP contribution in [0.15, 0.2) is 17.0 Å². The van der Waals surface area contributed by atoms with Gasteiger partial charge in [0.1, 0.15) is 11.1 Å². The van der Waals surface area contributed by atoms with Crippen molar-refractivity contribution in [3.8, 4) is 0 Å². The highest BCUT2D eigenvalue weighted by Gasteiger charge is 2.23. The van der Waals surface area contributed by atoms with E-state index in [1.807, 2.05) is 41.5 Å². The van der Waals surface area contributed by atoms with E-state index < -0.39 is 11.1 Å². The summed E-state index contributed by atoms with van der Waals surface area (Å²) in [6.45, 7) is 11.9. The number of halogens is 2. The van der Waals surface area contributed by atoms with Crippen molar-refractivity contribution in [2.24, 2.45) is 11.3 Å². The monoisotopic (exact) mass is 417 g/mol. The van der Waals surface area contributed by atoms with E-state index in [2.05, 4.69) is 5.32 Å². The van der Waals surface area contributed by atoms with Crippen LogP contribution in [0.5, 0.6) is 0 Å². The van der Waals surface area contributed by atoms with Crippen LogP contribution < -0.4 is 5.32 Å². The Bertz CT molecular complexity index is 674. The number of carbonyl (C=O) groups excluding carboxylic acids is 2. The van der Waals surface area contributed by atoms with Crippen LogP contribution in [0.3, 0.4) is 0 Å². The SMILES string of the molecule is CCC(Sc1cc(NC(=O)CC(C)(C)C)c(F)cc1Cl)C(=O)OCC(C)C. The first-order chi connectivity index (χ1) is 12.4. The average Bonchev–Trinajstić information content (AvgIpc) is 2.52. The highest BCUT2D eigenvalue weighted by atomic mass is 35.5. The van der Waals surface area contributed by atoms with E-state index in [9.17, 15) is 14.0 Å². The molecule has 152 valence electrons. The molecule has 1 amide bonds. The van der Waals surface area contributed by atoms with Gasteiger partial charge in [-0.1, -0.05) is 53.1 Å². The molecule has 0 saturated heterocycles. The van der Waals surface area contributed by atoms with Crippen molar-refractivity contribution in [2.75, 3.05) is 11.9 Å². The Kier molecular flexibility index (Phi) is 9.09. The summed E-state index contributed by atoms with van der Waals surface area (Å²) in [6, 6.07) is 2.63. The van der Waals surface area contributed by atoms with E-state index in [-0.39, 0.29) is 40.3 Å². The molecule has 0 aliphatic heterocycles. The number of ether oxygens (including phenoxy) is 1. The van der Waals surface area contributed by atoms with E-state index in [1.54, 1.807) is 0 Å². The lowest BCUT2D eigenvalue weighted by atomic mass is 9.92. The largest absolute Gasteiger partial charge is 0.465 e. The Morgan fingerprint density at radius 3 is 2.44 bits per heavy atom. The third-order valence-corrected chi connectivity index (χ3v) is 5.28. The molecule has 0 saturated carbocycles. The predicted octanol–water partition coefficient (Wildman–Crippen LogP) is 5.92. The molecule has 1 N–H and O–H groups in total. The van der Waals surface area contributed by atoms with Crippen molar-refractivity contribution < 1.29 is 18.7 Å². The summed E-state index contributed by atoms with van der Waals surface area (Å²) < 4.78 is 19.5. The Morgan fingerprint density at radius 1 is 1.30 bits per heavy atom. The van der Waals surface area contributed by atoms with Crippen LogP contribution in [0.25, 0.3) is 0 Å². The number of anilines is 1. The van der Waals surface area contributed by atoms with Gasteiger partial charge >= 0.3 is 5.97 Å². The number of benzene rings is 1. The summed E-state index contributed by atoms with van der Waals surface area (Å²) in [5.74, 6) is -0.962. The minimum atomic E-state index is -0.609. The lowest BCUT2D eigenvalue weighted by Crippen LogP contribution is -2.22. The predicted molar refractivity (Wildman–Crippen MR) is 110 cm³/mol. The van der Waals surface area contributed by atoms with E-state index in [1.165, 1.54) is 17.8 Å². The Labute approximate surface area is 170 Å². The molecule has 27 heavy (non-hydrogen) atoms. The number of nitrogens with one attached hydrogen (secondary N) is 1. The smallest absolute Gasteiger partial charge is 0.319 e. The number of amides is 1. The number of hydrogen-bond acceptors (Lipinski definition) is 4. The maximum atomic E-state index is 14.2. The molecular formula is C20H29ClFNO3S. The van der Waals surface area contributed by atoms with Gasteiger partial charge in [-0.15, -0.1) is 11.8 Å². The fourth-order valence-corrected chi connectivity index (χ4v) is 3.46. The van der Waals surface area contributed by atoms with Crippen molar-refractivity contribution in [3.05, 3.63) is 23.0 Å². The van der Waals surface area contributed by atoms with Crippen LogP contribution in [0, 0.1) is 17.2 Å². The molecule has 0 aliphatic rings. The fourth-order valence-electron chi connectivity index (χ4n) is 2.18. The first-order valence-corrected chi connectivity index (χ1v) is 10.3. The lowest BCUT2D eigenvalue weighted by Gasteiger charge is -2.19. The van der Waals surface area contributed by atoms with Crippen molar-refractivity contribution in [2.45, 2.75) is 64.5 Å². The maximum absolute atomic E-state index is 14.2. The third-order valence-electron chi connectivity index (χ3n) is 3.45. The molecule has 7 heteroatoms. The molecule has 4 nitrogen and oxygen atoms in total. The van der Waals surface area contributed by atoms with Crippen LogP contribution in [-0.4, -0.2) is 23.7 Å². The van der Waals surface area contributed by atoms with E-state index >= 15 is 0 Å². The highest BCUT2D eigenvalue weighted by Crippen LogP contribution is 2.36. The molecule has 0 heterocycles. The van der Waals surface area contributed by atoms with Gasteiger partial charge in [-0.2, -0.15) is 0 Å².